The molecule has 1 heterocycles. The number of benzene rings is 1. The molecular weight excluding hydrogens is 248 g/mol. The van der Waals surface area contributed by atoms with Crippen LogP contribution in [0.2, 0.25) is 0 Å². The van der Waals surface area contributed by atoms with Gasteiger partial charge in [0.1, 0.15) is 11.7 Å². The van der Waals surface area contributed by atoms with E-state index in [0.717, 1.165) is 25.8 Å². The molecule has 1 N–H and O–H groups in total. The maximum Gasteiger partial charge on any atom is 0.244 e. The Balaban J connectivity index is 1.71. The maximum atomic E-state index is 12.6. The number of hydrogen-bond acceptors (Lipinski definition) is 2. The predicted molar refractivity (Wildman–Crippen MR) is 80.1 cm³/mol. The van der Waals surface area contributed by atoms with E-state index in [2.05, 4.69) is 41.4 Å². The van der Waals surface area contributed by atoms with E-state index in [1.54, 1.807) is 0 Å². The molecule has 1 unspecified atom stereocenters. The van der Waals surface area contributed by atoms with E-state index >= 15 is 0 Å². The molecule has 1 aliphatic carbocycles. The third-order valence-electron chi connectivity index (χ3n) is 4.51. The third-order valence-corrected chi connectivity index (χ3v) is 4.51. The largest absolute Gasteiger partial charge is 0.321 e. The highest BCUT2D eigenvalue weighted by molar-refractivity contribution is 5.92. The molecule has 2 fully saturated rings. The number of hydrogen-bond donors (Lipinski definition) is 1. The van der Waals surface area contributed by atoms with Crippen LogP contribution in [0.3, 0.4) is 0 Å². The van der Waals surface area contributed by atoms with Gasteiger partial charge in [0, 0.05) is 6.54 Å². The van der Waals surface area contributed by atoms with Gasteiger partial charge in [-0.05, 0) is 24.8 Å². The maximum absolute atomic E-state index is 12.6. The first-order valence-corrected chi connectivity index (χ1v) is 7.90. The van der Waals surface area contributed by atoms with Gasteiger partial charge in [-0.2, -0.15) is 0 Å². The van der Waals surface area contributed by atoms with E-state index in [4.69, 9.17) is 0 Å². The van der Waals surface area contributed by atoms with Crippen LogP contribution in [0, 0.1) is 0 Å². The smallest absolute Gasteiger partial charge is 0.244 e. The monoisotopic (exact) mass is 272 g/mol. The van der Waals surface area contributed by atoms with Gasteiger partial charge in [0.2, 0.25) is 5.91 Å². The highest BCUT2D eigenvalue weighted by Crippen LogP contribution is 2.45. The fraction of sp³-hybridized carbons (Fsp3) is 0.588. The van der Waals surface area contributed by atoms with Crippen LogP contribution in [0.1, 0.15) is 57.2 Å². The van der Waals surface area contributed by atoms with Crippen molar-refractivity contribution in [3.63, 3.8) is 0 Å². The molecule has 1 saturated heterocycles. The minimum Gasteiger partial charge on any atom is -0.321 e. The summed E-state index contributed by atoms with van der Waals surface area (Å²) >= 11 is 0. The van der Waals surface area contributed by atoms with Gasteiger partial charge in [0.25, 0.3) is 0 Å². The summed E-state index contributed by atoms with van der Waals surface area (Å²) in [5.74, 6) is 0.322. The Kier molecular flexibility index (Phi) is 3.79. The van der Waals surface area contributed by atoms with E-state index in [-0.39, 0.29) is 11.7 Å². The van der Waals surface area contributed by atoms with E-state index in [0.29, 0.717) is 5.91 Å². The number of nitrogens with one attached hydrogen (secondary N) is 1. The molecule has 108 valence electrons. The van der Waals surface area contributed by atoms with Crippen molar-refractivity contribution < 1.29 is 4.79 Å². The van der Waals surface area contributed by atoms with Gasteiger partial charge in [-0.3, -0.25) is 10.1 Å². The summed E-state index contributed by atoms with van der Waals surface area (Å²) in [6.07, 6.45) is 6.90. The molecule has 3 heteroatoms. The second kappa shape index (κ2) is 5.57. The van der Waals surface area contributed by atoms with Crippen molar-refractivity contribution in [3.8, 4) is 0 Å². The van der Waals surface area contributed by atoms with Crippen molar-refractivity contribution >= 4 is 5.91 Å². The zero-order valence-corrected chi connectivity index (χ0v) is 12.3. The molecule has 1 amide bonds. The Morgan fingerprint density at radius 2 is 1.95 bits per heavy atom. The summed E-state index contributed by atoms with van der Waals surface area (Å²) in [6.45, 7) is 3.10. The minimum atomic E-state index is -0.217. The lowest BCUT2D eigenvalue weighted by molar-refractivity contribution is -0.130. The van der Waals surface area contributed by atoms with Crippen LogP contribution in [0.15, 0.2) is 30.3 Å². The average molecular weight is 272 g/mol. The summed E-state index contributed by atoms with van der Waals surface area (Å²) in [5.41, 5.74) is 0.991. The van der Waals surface area contributed by atoms with Gasteiger partial charge in [-0.1, -0.05) is 56.5 Å². The molecule has 1 spiro atoms. The fourth-order valence-corrected chi connectivity index (χ4v) is 3.11. The summed E-state index contributed by atoms with van der Waals surface area (Å²) in [5, 5.41) is 3.57. The van der Waals surface area contributed by atoms with Gasteiger partial charge in [0.05, 0.1) is 0 Å². The number of unbranched alkanes of at least 4 members (excludes halogenated alkanes) is 3. The molecule has 2 aliphatic rings. The van der Waals surface area contributed by atoms with Crippen LogP contribution < -0.4 is 5.32 Å². The van der Waals surface area contributed by atoms with E-state index < -0.39 is 0 Å². The van der Waals surface area contributed by atoms with Crippen LogP contribution in [0.4, 0.5) is 0 Å². The molecule has 1 aromatic carbocycles. The van der Waals surface area contributed by atoms with E-state index in [1.807, 2.05) is 6.07 Å². The normalized spacial score (nSPS) is 23.6. The Hall–Kier alpha value is -1.35. The van der Waals surface area contributed by atoms with E-state index in [9.17, 15) is 4.79 Å². The molecule has 0 radical (unpaired) electrons. The molecule has 1 aliphatic heterocycles. The Bertz CT molecular complexity index is 467. The number of carbonyl (C=O) groups excluding carboxylic acids is 1. The average Bonchev–Trinajstić information content (AvgIpc) is 3.21. The summed E-state index contributed by atoms with van der Waals surface area (Å²) < 4.78 is 0. The minimum absolute atomic E-state index is 0.0767. The van der Waals surface area contributed by atoms with Crippen molar-refractivity contribution in [2.24, 2.45) is 0 Å². The van der Waals surface area contributed by atoms with Crippen molar-refractivity contribution in [1.29, 1.82) is 0 Å². The van der Waals surface area contributed by atoms with Crippen molar-refractivity contribution in [1.82, 2.24) is 10.2 Å². The van der Waals surface area contributed by atoms with Gasteiger partial charge in [-0.15, -0.1) is 0 Å². The van der Waals surface area contributed by atoms with Crippen LogP contribution in [0.5, 0.6) is 0 Å². The van der Waals surface area contributed by atoms with Gasteiger partial charge in [0.15, 0.2) is 0 Å². The lowest BCUT2D eigenvalue weighted by Gasteiger charge is -2.24. The number of nitrogens with zero attached hydrogens (tertiary/aromatic N) is 1. The van der Waals surface area contributed by atoms with E-state index in [1.165, 1.54) is 24.8 Å². The molecule has 20 heavy (non-hydrogen) atoms. The molecular formula is C17H24N2O. The van der Waals surface area contributed by atoms with Crippen LogP contribution in [-0.4, -0.2) is 22.9 Å². The SMILES string of the molecule is CCCCCCN1C(=O)C2(CC2)NC1c1ccccc1. The molecule has 0 aromatic heterocycles. The topological polar surface area (TPSA) is 32.3 Å². The lowest BCUT2D eigenvalue weighted by atomic mass is 10.1. The Morgan fingerprint density at radius 3 is 2.60 bits per heavy atom. The second-order valence-corrected chi connectivity index (χ2v) is 6.10. The van der Waals surface area contributed by atoms with Crippen LogP contribution in [-0.2, 0) is 4.79 Å². The predicted octanol–water partition coefficient (Wildman–Crippen LogP) is 3.23. The van der Waals surface area contributed by atoms with Crippen LogP contribution in [0.25, 0.3) is 0 Å². The quantitative estimate of drug-likeness (QED) is 0.806. The summed E-state index contributed by atoms with van der Waals surface area (Å²) in [7, 11) is 0. The highest BCUT2D eigenvalue weighted by Gasteiger charge is 2.59. The van der Waals surface area contributed by atoms with Crippen molar-refractivity contribution in [2.45, 2.75) is 57.2 Å². The summed E-state index contributed by atoms with van der Waals surface area (Å²) in [6, 6.07) is 10.4. The van der Waals surface area contributed by atoms with Crippen molar-refractivity contribution in [2.75, 3.05) is 6.54 Å². The molecule has 1 saturated carbocycles. The first-order valence-electron chi connectivity index (χ1n) is 7.90. The van der Waals surface area contributed by atoms with Crippen molar-refractivity contribution in [3.05, 3.63) is 35.9 Å². The second-order valence-electron chi connectivity index (χ2n) is 6.10. The van der Waals surface area contributed by atoms with Crippen LogP contribution >= 0.6 is 0 Å². The summed E-state index contributed by atoms with van der Waals surface area (Å²) in [4.78, 5) is 14.7. The van der Waals surface area contributed by atoms with Gasteiger partial charge in [-0.25, -0.2) is 0 Å². The standard InChI is InChI=1S/C17H24N2O/c1-2-3-4-8-13-19-15(14-9-6-5-7-10-14)18-17(11-12-17)16(19)20/h5-7,9-10,15,18H,2-4,8,11-13H2,1H3. The zero-order valence-electron chi connectivity index (χ0n) is 12.3. The van der Waals surface area contributed by atoms with Gasteiger partial charge < -0.3 is 4.90 Å². The number of amides is 1. The Labute approximate surface area is 121 Å². The van der Waals surface area contributed by atoms with Gasteiger partial charge >= 0.3 is 0 Å². The third kappa shape index (κ3) is 2.47. The Morgan fingerprint density at radius 1 is 1.20 bits per heavy atom. The first kappa shape index (κ1) is 13.6. The first-order chi connectivity index (χ1) is 9.77. The molecule has 1 atom stereocenters. The molecule has 0 bridgehead atoms. The highest BCUT2D eigenvalue weighted by atomic mass is 16.2. The number of carbonyl (C=O) groups is 1. The zero-order chi connectivity index (χ0) is 14.0. The fourth-order valence-electron chi connectivity index (χ4n) is 3.11. The molecule has 3 rings (SSSR count). The molecule has 1 aromatic rings. The number of rotatable bonds is 6. The molecule has 3 nitrogen and oxygen atoms in total. The lowest BCUT2D eigenvalue weighted by Crippen LogP contribution is -2.33.